The van der Waals surface area contributed by atoms with Crippen molar-refractivity contribution in [1.82, 2.24) is 10.2 Å². The first kappa shape index (κ1) is 21.0. The molecule has 1 amide bonds. The van der Waals surface area contributed by atoms with Crippen LogP contribution < -0.4 is 10.2 Å². The number of nitrogens with one attached hydrogen (secondary N) is 1. The molecule has 0 bridgehead atoms. The van der Waals surface area contributed by atoms with Gasteiger partial charge in [0.05, 0.1) is 6.04 Å². The second kappa shape index (κ2) is 8.57. The van der Waals surface area contributed by atoms with Crippen molar-refractivity contribution in [2.75, 3.05) is 39.6 Å². The van der Waals surface area contributed by atoms with Gasteiger partial charge >= 0.3 is 0 Å². The molecular weight excluding hydrogens is 334 g/mol. The lowest BCUT2D eigenvalue weighted by Gasteiger charge is -2.26. The summed E-state index contributed by atoms with van der Waals surface area (Å²) < 4.78 is 0. The number of hydrogen-bond donors (Lipinski definition) is 1. The smallest absolute Gasteiger partial charge is 0.251 e. The number of rotatable bonds is 6. The summed E-state index contributed by atoms with van der Waals surface area (Å²) in [6.45, 7) is 7.08. The Kier molecular flexibility index (Phi) is 6.66. The Hall–Kier alpha value is -2.33. The molecule has 2 rings (SSSR count). The molecule has 0 aliphatic rings. The summed E-state index contributed by atoms with van der Waals surface area (Å²) >= 11 is 0. The summed E-state index contributed by atoms with van der Waals surface area (Å²) in [5.74, 6) is -0.0350. The van der Waals surface area contributed by atoms with E-state index < -0.39 is 0 Å². The van der Waals surface area contributed by atoms with Crippen molar-refractivity contribution >= 4 is 11.6 Å². The monoisotopic (exact) mass is 367 g/mol. The van der Waals surface area contributed by atoms with E-state index in [9.17, 15) is 4.79 Å². The van der Waals surface area contributed by atoms with Gasteiger partial charge in [0.15, 0.2) is 0 Å². The van der Waals surface area contributed by atoms with Crippen LogP contribution in [-0.2, 0) is 5.41 Å². The highest BCUT2D eigenvalue weighted by molar-refractivity contribution is 5.94. The first-order valence-electron chi connectivity index (χ1n) is 9.42. The summed E-state index contributed by atoms with van der Waals surface area (Å²) in [7, 11) is 8.14. The van der Waals surface area contributed by atoms with E-state index in [1.54, 1.807) is 0 Å². The zero-order valence-corrected chi connectivity index (χ0v) is 17.7. The highest BCUT2D eigenvalue weighted by Gasteiger charge is 2.17. The van der Waals surface area contributed by atoms with Crippen LogP contribution in [0.15, 0.2) is 48.5 Å². The predicted octanol–water partition coefficient (Wildman–Crippen LogP) is 4.08. The van der Waals surface area contributed by atoms with E-state index in [2.05, 4.69) is 60.2 Å². The number of carbonyl (C=O) groups is 1. The topological polar surface area (TPSA) is 35.6 Å². The zero-order chi connectivity index (χ0) is 20.2. The molecule has 1 N–H and O–H groups in total. The molecule has 27 heavy (non-hydrogen) atoms. The molecule has 0 fully saturated rings. The second-order valence-electron chi connectivity index (χ2n) is 8.50. The van der Waals surface area contributed by atoms with E-state index >= 15 is 0 Å². The van der Waals surface area contributed by atoms with Gasteiger partial charge in [0.2, 0.25) is 0 Å². The highest BCUT2D eigenvalue weighted by atomic mass is 16.1. The molecule has 146 valence electrons. The van der Waals surface area contributed by atoms with Gasteiger partial charge in [0, 0.05) is 31.9 Å². The van der Waals surface area contributed by atoms with E-state index in [0.717, 1.165) is 0 Å². The average Bonchev–Trinajstić information content (AvgIpc) is 2.61. The van der Waals surface area contributed by atoms with Crippen LogP contribution in [0, 0.1) is 0 Å². The molecule has 2 aromatic rings. The molecule has 0 aliphatic carbocycles. The lowest BCUT2D eigenvalue weighted by molar-refractivity contribution is 0.0942. The van der Waals surface area contributed by atoms with Crippen LogP contribution in [0.1, 0.15) is 48.3 Å². The molecule has 0 aliphatic heterocycles. The third-order valence-electron chi connectivity index (χ3n) is 4.89. The minimum absolute atomic E-state index is 0.0350. The molecule has 1 unspecified atom stereocenters. The molecule has 1 atom stereocenters. The summed E-state index contributed by atoms with van der Waals surface area (Å²) in [4.78, 5) is 16.8. The standard InChI is InChI=1S/C23H33N3O/c1-23(2,3)19-12-8-18(9-13-19)22(27)24-16-21(26(6)7)17-10-14-20(15-11-17)25(4)5/h8-15,21H,16H2,1-7H3,(H,24,27). The molecule has 0 heterocycles. The van der Waals surface area contributed by atoms with Crippen LogP contribution in [0.2, 0.25) is 0 Å². The number of anilines is 1. The quantitative estimate of drug-likeness (QED) is 0.835. The first-order chi connectivity index (χ1) is 12.6. The number of benzene rings is 2. The number of amides is 1. The molecule has 0 spiro atoms. The fourth-order valence-corrected chi connectivity index (χ4v) is 3.01. The van der Waals surface area contributed by atoms with Crippen molar-refractivity contribution in [2.24, 2.45) is 0 Å². The van der Waals surface area contributed by atoms with Gasteiger partial charge < -0.3 is 15.1 Å². The molecular formula is C23H33N3O. The van der Waals surface area contributed by atoms with Crippen molar-refractivity contribution in [3.63, 3.8) is 0 Å². The Labute approximate surface area is 164 Å². The van der Waals surface area contributed by atoms with Gasteiger partial charge in [-0.2, -0.15) is 0 Å². The number of carbonyl (C=O) groups excluding carboxylic acids is 1. The molecule has 2 aromatic carbocycles. The molecule has 4 heteroatoms. The van der Waals surface area contributed by atoms with Crippen molar-refractivity contribution in [1.29, 1.82) is 0 Å². The third kappa shape index (κ3) is 5.57. The maximum absolute atomic E-state index is 12.6. The fraction of sp³-hybridized carbons (Fsp3) is 0.435. The van der Waals surface area contributed by atoms with E-state index in [-0.39, 0.29) is 17.4 Å². The van der Waals surface area contributed by atoms with Crippen LogP contribution in [-0.4, -0.2) is 45.5 Å². The summed E-state index contributed by atoms with van der Waals surface area (Å²) in [6, 6.07) is 16.5. The SMILES string of the molecule is CN(C)c1ccc(C(CNC(=O)c2ccc(C(C)(C)C)cc2)N(C)C)cc1. The Balaban J connectivity index is 2.06. The van der Waals surface area contributed by atoms with E-state index in [4.69, 9.17) is 0 Å². The summed E-state index contributed by atoms with van der Waals surface area (Å²) in [6.07, 6.45) is 0. The molecule has 0 aromatic heterocycles. The largest absolute Gasteiger partial charge is 0.378 e. The Morgan fingerprint density at radius 2 is 1.48 bits per heavy atom. The normalized spacial score (nSPS) is 12.7. The lowest BCUT2D eigenvalue weighted by Crippen LogP contribution is -2.34. The van der Waals surface area contributed by atoms with Crippen LogP contribution in [0.5, 0.6) is 0 Å². The van der Waals surface area contributed by atoms with Crippen LogP contribution >= 0.6 is 0 Å². The van der Waals surface area contributed by atoms with Crippen molar-refractivity contribution in [3.05, 3.63) is 65.2 Å². The van der Waals surface area contributed by atoms with Gasteiger partial charge in [-0.1, -0.05) is 45.0 Å². The van der Waals surface area contributed by atoms with E-state index in [1.165, 1.54) is 16.8 Å². The van der Waals surface area contributed by atoms with Gasteiger partial charge in [-0.25, -0.2) is 0 Å². The highest BCUT2D eigenvalue weighted by Crippen LogP contribution is 2.23. The zero-order valence-electron chi connectivity index (χ0n) is 17.7. The van der Waals surface area contributed by atoms with Crippen molar-refractivity contribution in [2.45, 2.75) is 32.2 Å². The van der Waals surface area contributed by atoms with Crippen LogP contribution in [0.25, 0.3) is 0 Å². The number of hydrogen-bond acceptors (Lipinski definition) is 3. The Morgan fingerprint density at radius 3 is 1.93 bits per heavy atom. The molecule has 4 nitrogen and oxygen atoms in total. The number of nitrogens with zero attached hydrogens (tertiary/aromatic N) is 2. The van der Waals surface area contributed by atoms with Crippen LogP contribution in [0.4, 0.5) is 5.69 Å². The fourth-order valence-electron chi connectivity index (χ4n) is 3.01. The second-order valence-corrected chi connectivity index (χ2v) is 8.50. The first-order valence-corrected chi connectivity index (χ1v) is 9.42. The van der Waals surface area contributed by atoms with Crippen LogP contribution in [0.3, 0.4) is 0 Å². The lowest BCUT2D eigenvalue weighted by atomic mass is 9.87. The molecule has 0 radical (unpaired) electrons. The minimum Gasteiger partial charge on any atom is -0.378 e. The number of likely N-dealkylation sites (N-methyl/N-ethyl adjacent to an activating group) is 1. The maximum atomic E-state index is 12.6. The van der Waals surface area contributed by atoms with Gasteiger partial charge in [0.25, 0.3) is 5.91 Å². The predicted molar refractivity (Wildman–Crippen MR) is 115 cm³/mol. The van der Waals surface area contributed by atoms with Gasteiger partial charge in [0.1, 0.15) is 0 Å². The van der Waals surface area contributed by atoms with Crippen molar-refractivity contribution in [3.8, 4) is 0 Å². The molecule has 0 saturated carbocycles. The van der Waals surface area contributed by atoms with Gasteiger partial charge in [-0.3, -0.25) is 4.79 Å². The van der Waals surface area contributed by atoms with Crippen molar-refractivity contribution < 1.29 is 4.79 Å². The molecule has 0 saturated heterocycles. The summed E-state index contributed by atoms with van der Waals surface area (Å²) in [5.41, 5.74) is 4.37. The Morgan fingerprint density at radius 1 is 0.926 bits per heavy atom. The van der Waals surface area contributed by atoms with E-state index in [0.29, 0.717) is 12.1 Å². The third-order valence-corrected chi connectivity index (χ3v) is 4.89. The van der Waals surface area contributed by atoms with E-state index in [1.807, 2.05) is 52.5 Å². The minimum atomic E-state index is -0.0350. The Bertz CT molecular complexity index is 741. The average molecular weight is 368 g/mol. The van der Waals surface area contributed by atoms with Gasteiger partial charge in [-0.05, 0) is 54.9 Å². The summed E-state index contributed by atoms with van der Waals surface area (Å²) in [5, 5.41) is 3.08. The van der Waals surface area contributed by atoms with Gasteiger partial charge in [-0.15, -0.1) is 0 Å². The maximum Gasteiger partial charge on any atom is 0.251 e.